The van der Waals surface area contributed by atoms with Crippen LogP contribution < -0.4 is 10.2 Å². The Balaban J connectivity index is 2.81. The second-order valence-electron chi connectivity index (χ2n) is 4.89. The number of benzene rings is 1. The van der Waals surface area contributed by atoms with E-state index >= 15 is 0 Å². The zero-order valence-electron chi connectivity index (χ0n) is 12.9. The molecule has 0 aromatic heterocycles. The maximum absolute atomic E-state index is 13.1. The number of carbonyl (C=O) groups excluding carboxylic acids is 1. The van der Waals surface area contributed by atoms with Crippen molar-refractivity contribution in [3.63, 3.8) is 0 Å². The highest BCUT2D eigenvalue weighted by molar-refractivity contribution is 5.81. The Morgan fingerprint density at radius 3 is 2.70 bits per heavy atom. The van der Waals surface area contributed by atoms with E-state index in [2.05, 4.69) is 5.32 Å². The third-order valence-electron chi connectivity index (χ3n) is 3.07. The highest BCUT2D eigenvalue weighted by atomic mass is 19.4. The minimum atomic E-state index is -4.61. The quantitative estimate of drug-likeness (QED) is 0.779. The van der Waals surface area contributed by atoms with Crippen LogP contribution >= 0.6 is 0 Å². The third kappa shape index (κ3) is 5.79. The predicted octanol–water partition coefficient (Wildman–Crippen LogP) is 2.17. The van der Waals surface area contributed by atoms with Crippen LogP contribution in [0.4, 0.5) is 18.9 Å². The number of anilines is 1. The number of nitriles is 1. The van der Waals surface area contributed by atoms with Crippen molar-refractivity contribution in [1.82, 2.24) is 5.32 Å². The first-order valence-corrected chi connectivity index (χ1v) is 6.87. The summed E-state index contributed by atoms with van der Waals surface area (Å²) in [6.45, 7) is 0.659. The van der Waals surface area contributed by atoms with Gasteiger partial charge in [-0.05, 0) is 24.6 Å². The highest BCUT2D eigenvalue weighted by Crippen LogP contribution is 2.36. The molecule has 0 spiro atoms. The van der Waals surface area contributed by atoms with Gasteiger partial charge in [-0.2, -0.15) is 18.4 Å². The molecule has 0 unspecified atom stereocenters. The van der Waals surface area contributed by atoms with Gasteiger partial charge < -0.3 is 15.0 Å². The molecule has 0 saturated heterocycles. The topological polar surface area (TPSA) is 65.4 Å². The fraction of sp³-hybridized carbons (Fsp3) is 0.467. The molecule has 0 aliphatic carbocycles. The normalized spacial score (nSPS) is 11.0. The zero-order valence-corrected chi connectivity index (χ0v) is 12.9. The maximum Gasteiger partial charge on any atom is 0.418 e. The van der Waals surface area contributed by atoms with Gasteiger partial charge in [-0.3, -0.25) is 4.79 Å². The van der Waals surface area contributed by atoms with E-state index in [4.69, 9.17) is 10.00 Å². The van der Waals surface area contributed by atoms with Gasteiger partial charge in [0.15, 0.2) is 0 Å². The molecule has 1 amide bonds. The number of nitrogens with one attached hydrogen (secondary N) is 1. The average Bonchev–Trinajstić information content (AvgIpc) is 2.50. The van der Waals surface area contributed by atoms with Crippen molar-refractivity contribution in [2.45, 2.75) is 12.6 Å². The Kier molecular flexibility index (Phi) is 6.85. The van der Waals surface area contributed by atoms with Gasteiger partial charge in [-0.25, -0.2) is 0 Å². The molecular weight excluding hydrogens is 311 g/mol. The van der Waals surface area contributed by atoms with Gasteiger partial charge in [0.2, 0.25) is 5.91 Å². The largest absolute Gasteiger partial charge is 0.418 e. The zero-order chi connectivity index (χ0) is 17.5. The lowest BCUT2D eigenvalue weighted by Gasteiger charge is -2.23. The van der Waals surface area contributed by atoms with Crippen LogP contribution in [0.3, 0.4) is 0 Å². The number of ether oxygens (including phenoxy) is 1. The lowest BCUT2D eigenvalue weighted by Crippen LogP contribution is -2.36. The van der Waals surface area contributed by atoms with Gasteiger partial charge in [0.05, 0.1) is 23.7 Å². The molecular formula is C15H18F3N3O2. The summed E-state index contributed by atoms with van der Waals surface area (Å²) in [7, 11) is 2.94. The van der Waals surface area contributed by atoms with E-state index in [9.17, 15) is 18.0 Å². The highest BCUT2D eigenvalue weighted by Gasteiger charge is 2.35. The van der Waals surface area contributed by atoms with Crippen molar-refractivity contribution < 1.29 is 22.7 Å². The van der Waals surface area contributed by atoms with Gasteiger partial charge >= 0.3 is 6.18 Å². The number of hydrogen-bond donors (Lipinski definition) is 1. The number of alkyl halides is 3. The summed E-state index contributed by atoms with van der Waals surface area (Å²) < 4.78 is 44.1. The van der Waals surface area contributed by atoms with E-state index in [-0.39, 0.29) is 23.7 Å². The molecule has 126 valence electrons. The first-order chi connectivity index (χ1) is 10.8. The standard InChI is InChI=1S/C15H18F3N3O2/c1-21(10-14(22)20-6-3-7-23-2)13-5-4-11(9-19)8-12(13)15(16,17)18/h4-5,8H,3,6-7,10H2,1-2H3,(H,20,22). The summed E-state index contributed by atoms with van der Waals surface area (Å²) in [5.41, 5.74) is -1.17. The van der Waals surface area contributed by atoms with Crippen LogP contribution in [0.25, 0.3) is 0 Å². The van der Waals surface area contributed by atoms with E-state index in [0.29, 0.717) is 19.6 Å². The summed E-state index contributed by atoms with van der Waals surface area (Å²) in [6, 6.07) is 4.94. The molecule has 5 nitrogen and oxygen atoms in total. The van der Waals surface area contributed by atoms with E-state index in [1.165, 1.54) is 24.1 Å². The summed E-state index contributed by atoms with van der Waals surface area (Å²) >= 11 is 0. The molecule has 1 N–H and O–H groups in total. The Hall–Kier alpha value is -2.27. The van der Waals surface area contributed by atoms with E-state index in [1.807, 2.05) is 0 Å². The Labute approximate surface area is 132 Å². The predicted molar refractivity (Wildman–Crippen MR) is 78.9 cm³/mol. The Bertz CT molecular complexity index is 582. The van der Waals surface area contributed by atoms with Crippen molar-refractivity contribution in [2.24, 2.45) is 0 Å². The minimum Gasteiger partial charge on any atom is -0.385 e. The number of methoxy groups -OCH3 is 1. The first-order valence-electron chi connectivity index (χ1n) is 6.87. The summed E-state index contributed by atoms with van der Waals surface area (Å²) in [5.74, 6) is -0.388. The van der Waals surface area contributed by atoms with Gasteiger partial charge in [0.25, 0.3) is 0 Å². The lowest BCUT2D eigenvalue weighted by molar-refractivity contribution is -0.137. The second kappa shape index (κ2) is 8.39. The summed E-state index contributed by atoms with van der Waals surface area (Å²) in [6.07, 6.45) is -3.98. The maximum atomic E-state index is 13.1. The van der Waals surface area contributed by atoms with Crippen LogP contribution in [-0.4, -0.2) is 39.8 Å². The summed E-state index contributed by atoms with van der Waals surface area (Å²) in [4.78, 5) is 13.0. The number of likely N-dealkylation sites (N-methyl/N-ethyl adjacent to an activating group) is 1. The number of hydrogen-bond acceptors (Lipinski definition) is 4. The molecule has 0 atom stereocenters. The molecule has 0 fully saturated rings. The Morgan fingerprint density at radius 2 is 2.13 bits per heavy atom. The second-order valence-corrected chi connectivity index (χ2v) is 4.89. The van der Waals surface area contributed by atoms with Gasteiger partial charge in [-0.15, -0.1) is 0 Å². The van der Waals surface area contributed by atoms with Crippen molar-refractivity contribution in [2.75, 3.05) is 38.8 Å². The van der Waals surface area contributed by atoms with Crippen LogP contribution in [0.1, 0.15) is 17.5 Å². The number of halogens is 3. The Morgan fingerprint density at radius 1 is 1.43 bits per heavy atom. The van der Waals surface area contributed by atoms with E-state index in [0.717, 1.165) is 6.07 Å². The average molecular weight is 329 g/mol. The van der Waals surface area contributed by atoms with Crippen LogP contribution in [0.15, 0.2) is 18.2 Å². The molecule has 23 heavy (non-hydrogen) atoms. The molecule has 0 aliphatic heterocycles. The lowest BCUT2D eigenvalue weighted by atomic mass is 10.1. The monoisotopic (exact) mass is 329 g/mol. The molecule has 1 aromatic rings. The molecule has 8 heteroatoms. The van der Waals surface area contributed by atoms with Crippen LogP contribution in [0, 0.1) is 11.3 Å². The number of nitrogens with zero attached hydrogens (tertiary/aromatic N) is 2. The van der Waals surface area contributed by atoms with Gasteiger partial charge in [-0.1, -0.05) is 0 Å². The fourth-order valence-electron chi connectivity index (χ4n) is 1.97. The molecule has 0 radical (unpaired) electrons. The van der Waals surface area contributed by atoms with Crippen molar-refractivity contribution >= 4 is 11.6 Å². The smallest absolute Gasteiger partial charge is 0.385 e. The molecule has 1 rings (SSSR count). The van der Waals surface area contributed by atoms with Crippen molar-refractivity contribution in [3.8, 4) is 6.07 Å². The molecule has 0 saturated carbocycles. The number of rotatable bonds is 7. The number of carbonyl (C=O) groups is 1. The van der Waals surface area contributed by atoms with Crippen LogP contribution in [0.2, 0.25) is 0 Å². The molecule has 0 aliphatic rings. The van der Waals surface area contributed by atoms with Crippen molar-refractivity contribution in [3.05, 3.63) is 29.3 Å². The molecule has 0 heterocycles. The number of amides is 1. The first kappa shape index (κ1) is 18.8. The van der Waals surface area contributed by atoms with Crippen molar-refractivity contribution in [1.29, 1.82) is 5.26 Å². The van der Waals surface area contributed by atoms with Gasteiger partial charge in [0.1, 0.15) is 0 Å². The SMILES string of the molecule is COCCCNC(=O)CN(C)c1ccc(C#N)cc1C(F)(F)F. The third-order valence-corrected chi connectivity index (χ3v) is 3.07. The van der Waals surface area contributed by atoms with E-state index < -0.39 is 11.7 Å². The molecule has 1 aromatic carbocycles. The van der Waals surface area contributed by atoms with E-state index in [1.54, 1.807) is 13.2 Å². The van der Waals surface area contributed by atoms with Crippen LogP contribution in [-0.2, 0) is 15.7 Å². The van der Waals surface area contributed by atoms with Crippen LogP contribution in [0.5, 0.6) is 0 Å². The fourth-order valence-corrected chi connectivity index (χ4v) is 1.97. The van der Waals surface area contributed by atoms with Gasteiger partial charge in [0, 0.05) is 33.0 Å². The minimum absolute atomic E-state index is 0.0847. The molecule has 0 bridgehead atoms. The summed E-state index contributed by atoms with van der Waals surface area (Å²) in [5, 5.41) is 11.3.